The van der Waals surface area contributed by atoms with Crippen LogP contribution < -0.4 is 5.32 Å². The average Bonchev–Trinajstić information content (AvgIpc) is 2.71. The minimum absolute atomic E-state index is 0.0381. The summed E-state index contributed by atoms with van der Waals surface area (Å²) in [6, 6.07) is 5.65. The summed E-state index contributed by atoms with van der Waals surface area (Å²) in [5.74, 6) is 0.739. The second-order valence-electron chi connectivity index (χ2n) is 4.48. The lowest BCUT2D eigenvalue weighted by molar-refractivity contribution is -0.116. The molecule has 4 nitrogen and oxygen atoms in total. The fourth-order valence-electron chi connectivity index (χ4n) is 1.90. The standard InChI is InChI=1S/C14H14Br2N2O2/c1-8-11(9(2)20-18-8)4-6-14(19)17-13-7-10(15)3-5-12(13)16/h3,5,7H,4,6H2,1-2H3,(H,17,19). The molecule has 0 unspecified atom stereocenters. The number of rotatable bonds is 4. The Morgan fingerprint density at radius 3 is 2.75 bits per heavy atom. The molecule has 2 rings (SSSR count). The Morgan fingerprint density at radius 2 is 2.10 bits per heavy atom. The van der Waals surface area contributed by atoms with Gasteiger partial charge in [0.15, 0.2) is 0 Å². The van der Waals surface area contributed by atoms with Crippen LogP contribution in [0.4, 0.5) is 5.69 Å². The number of halogens is 2. The van der Waals surface area contributed by atoms with Gasteiger partial charge >= 0.3 is 0 Å². The zero-order valence-corrected chi connectivity index (χ0v) is 14.3. The number of anilines is 1. The maximum atomic E-state index is 12.0. The Labute approximate surface area is 134 Å². The molecule has 1 aromatic carbocycles. The highest BCUT2D eigenvalue weighted by Gasteiger charge is 2.12. The molecule has 106 valence electrons. The maximum absolute atomic E-state index is 12.0. The van der Waals surface area contributed by atoms with E-state index in [2.05, 4.69) is 42.3 Å². The van der Waals surface area contributed by atoms with Crippen LogP contribution >= 0.6 is 31.9 Å². The summed E-state index contributed by atoms with van der Waals surface area (Å²) in [4.78, 5) is 12.0. The number of carbonyl (C=O) groups is 1. The highest BCUT2D eigenvalue weighted by atomic mass is 79.9. The summed E-state index contributed by atoms with van der Waals surface area (Å²) in [5.41, 5.74) is 2.61. The second kappa shape index (κ2) is 6.54. The lowest BCUT2D eigenvalue weighted by Crippen LogP contribution is -2.13. The van der Waals surface area contributed by atoms with Crippen molar-refractivity contribution in [2.75, 3.05) is 5.32 Å². The van der Waals surface area contributed by atoms with E-state index >= 15 is 0 Å². The predicted molar refractivity (Wildman–Crippen MR) is 84.8 cm³/mol. The van der Waals surface area contributed by atoms with Gasteiger partial charge < -0.3 is 9.84 Å². The van der Waals surface area contributed by atoms with Crippen LogP contribution in [0.2, 0.25) is 0 Å². The zero-order chi connectivity index (χ0) is 14.7. The number of hydrogen-bond donors (Lipinski definition) is 1. The largest absolute Gasteiger partial charge is 0.361 e. The lowest BCUT2D eigenvalue weighted by atomic mass is 10.1. The molecule has 0 bridgehead atoms. The Balaban J connectivity index is 1.98. The van der Waals surface area contributed by atoms with Gasteiger partial charge in [0, 0.05) is 20.9 Å². The minimum atomic E-state index is -0.0381. The molecule has 0 aliphatic carbocycles. The normalized spacial score (nSPS) is 10.6. The zero-order valence-electron chi connectivity index (χ0n) is 11.2. The predicted octanol–water partition coefficient (Wildman–Crippen LogP) is 4.39. The van der Waals surface area contributed by atoms with Gasteiger partial charge in [0.1, 0.15) is 5.76 Å². The van der Waals surface area contributed by atoms with Crippen molar-refractivity contribution in [2.24, 2.45) is 0 Å². The molecule has 0 fully saturated rings. The highest BCUT2D eigenvalue weighted by Crippen LogP contribution is 2.26. The molecule has 1 heterocycles. The van der Waals surface area contributed by atoms with Gasteiger partial charge in [0.05, 0.1) is 11.4 Å². The Hall–Kier alpha value is -1.14. The number of hydrogen-bond acceptors (Lipinski definition) is 3. The van der Waals surface area contributed by atoms with Crippen molar-refractivity contribution in [3.05, 3.63) is 44.2 Å². The van der Waals surface area contributed by atoms with Gasteiger partial charge in [-0.2, -0.15) is 0 Å². The number of carbonyl (C=O) groups excluding carboxylic acids is 1. The molecule has 0 saturated heterocycles. The molecular formula is C14H14Br2N2O2. The van der Waals surface area contributed by atoms with E-state index in [0.717, 1.165) is 31.7 Å². The third-order valence-electron chi connectivity index (χ3n) is 2.99. The van der Waals surface area contributed by atoms with Crippen LogP contribution in [0.25, 0.3) is 0 Å². The van der Waals surface area contributed by atoms with Crippen molar-refractivity contribution in [1.29, 1.82) is 0 Å². The Bertz CT molecular complexity index is 619. The van der Waals surface area contributed by atoms with Crippen LogP contribution in [0.15, 0.2) is 31.7 Å². The van der Waals surface area contributed by atoms with Crippen molar-refractivity contribution in [3.63, 3.8) is 0 Å². The summed E-state index contributed by atoms with van der Waals surface area (Å²) >= 11 is 6.79. The van der Waals surface area contributed by atoms with E-state index in [1.54, 1.807) is 0 Å². The van der Waals surface area contributed by atoms with Crippen LogP contribution in [0.3, 0.4) is 0 Å². The number of aromatic nitrogens is 1. The first-order chi connectivity index (χ1) is 9.47. The van der Waals surface area contributed by atoms with E-state index in [1.807, 2.05) is 32.0 Å². The van der Waals surface area contributed by atoms with E-state index in [-0.39, 0.29) is 5.91 Å². The van der Waals surface area contributed by atoms with Gasteiger partial charge in [-0.1, -0.05) is 21.1 Å². The SMILES string of the molecule is Cc1noc(C)c1CCC(=O)Nc1cc(Br)ccc1Br. The third-order valence-corrected chi connectivity index (χ3v) is 4.17. The molecule has 0 radical (unpaired) electrons. The van der Waals surface area contributed by atoms with E-state index in [1.165, 1.54) is 0 Å². The summed E-state index contributed by atoms with van der Waals surface area (Å²) in [6.45, 7) is 3.74. The number of amides is 1. The molecule has 0 spiro atoms. The van der Waals surface area contributed by atoms with E-state index in [0.29, 0.717) is 12.8 Å². The fourth-order valence-corrected chi connectivity index (χ4v) is 2.61. The number of aryl methyl sites for hydroxylation is 2. The molecule has 0 saturated carbocycles. The second-order valence-corrected chi connectivity index (χ2v) is 6.25. The first-order valence-electron chi connectivity index (χ1n) is 6.14. The van der Waals surface area contributed by atoms with Gasteiger partial charge in [-0.25, -0.2) is 0 Å². The van der Waals surface area contributed by atoms with Crippen molar-refractivity contribution in [2.45, 2.75) is 26.7 Å². The summed E-state index contributed by atoms with van der Waals surface area (Å²) in [7, 11) is 0. The van der Waals surface area contributed by atoms with Crippen LogP contribution in [0.5, 0.6) is 0 Å². The van der Waals surface area contributed by atoms with Crippen LogP contribution in [-0.4, -0.2) is 11.1 Å². The lowest BCUT2D eigenvalue weighted by Gasteiger charge is -2.08. The topological polar surface area (TPSA) is 55.1 Å². The molecule has 1 amide bonds. The summed E-state index contributed by atoms with van der Waals surface area (Å²) in [5, 5.41) is 6.77. The van der Waals surface area contributed by atoms with Gasteiger partial charge in [-0.15, -0.1) is 0 Å². The maximum Gasteiger partial charge on any atom is 0.224 e. The molecule has 1 N–H and O–H groups in total. The molecule has 2 aromatic rings. The Kier molecular flexibility index (Phi) is 4.99. The van der Waals surface area contributed by atoms with E-state index in [4.69, 9.17) is 4.52 Å². The van der Waals surface area contributed by atoms with Gasteiger partial charge in [-0.3, -0.25) is 4.79 Å². The van der Waals surface area contributed by atoms with Crippen molar-refractivity contribution in [1.82, 2.24) is 5.16 Å². The molecule has 6 heteroatoms. The van der Waals surface area contributed by atoms with Crippen LogP contribution in [0.1, 0.15) is 23.4 Å². The van der Waals surface area contributed by atoms with Crippen molar-refractivity contribution >= 4 is 43.5 Å². The van der Waals surface area contributed by atoms with Crippen LogP contribution in [-0.2, 0) is 11.2 Å². The highest BCUT2D eigenvalue weighted by molar-refractivity contribution is 9.11. The molecule has 0 atom stereocenters. The van der Waals surface area contributed by atoms with Gasteiger partial charge in [0.2, 0.25) is 5.91 Å². The first kappa shape index (κ1) is 15.3. The number of benzene rings is 1. The molecule has 0 aliphatic heterocycles. The molecular weight excluding hydrogens is 388 g/mol. The monoisotopic (exact) mass is 400 g/mol. The fraction of sp³-hybridized carbons (Fsp3) is 0.286. The number of nitrogens with zero attached hydrogens (tertiary/aromatic N) is 1. The minimum Gasteiger partial charge on any atom is -0.361 e. The van der Waals surface area contributed by atoms with Crippen molar-refractivity contribution in [3.8, 4) is 0 Å². The molecule has 1 aromatic heterocycles. The number of nitrogens with one attached hydrogen (secondary N) is 1. The Morgan fingerprint density at radius 1 is 1.35 bits per heavy atom. The average molecular weight is 402 g/mol. The van der Waals surface area contributed by atoms with E-state index < -0.39 is 0 Å². The van der Waals surface area contributed by atoms with Crippen LogP contribution in [0, 0.1) is 13.8 Å². The molecule has 20 heavy (non-hydrogen) atoms. The third kappa shape index (κ3) is 3.70. The molecule has 0 aliphatic rings. The van der Waals surface area contributed by atoms with Crippen molar-refractivity contribution < 1.29 is 9.32 Å². The first-order valence-corrected chi connectivity index (χ1v) is 7.72. The smallest absolute Gasteiger partial charge is 0.224 e. The van der Waals surface area contributed by atoms with Gasteiger partial charge in [0.25, 0.3) is 0 Å². The van der Waals surface area contributed by atoms with E-state index in [9.17, 15) is 4.79 Å². The summed E-state index contributed by atoms with van der Waals surface area (Å²) < 4.78 is 6.86. The summed E-state index contributed by atoms with van der Waals surface area (Å²) in [6.07, 6.45) is 1.01. The van der Waals surface area contributed by atoms with Gasteiger partial charge in [-0.05, 0) is 54.4 Å². The quantitative estimate of drug-likeness (QED) is 0.826.